The van der Waals surface area contributed by atoms with Gasteiger partial charge in [-0.05, 0) is 32.3 Å². The second kappa shape index (κ2) is 5.48. The number of hydrogen-bond acceptors (Lipinski definition) is 5. The molecule has 1 aromatic carbocycles. The molecular weight excluding hydrogens is 296 g/mol. The fourth-order valence-corrected chi connectivity index (χ4v) is 2.91. The van der Waals surface area contributed by atoms with Crippen LogP contribution < -0.4 is 0 Å². The smallest absolute Gasteiger partial charge is 0.324 e. The van der Waals surface area contributed by atoms with Crippen molar-refractivity contribution in [2.45, 2.75) is 38.7 Å². The molecule has 1 aliphatic heterocycles. The lowest BCUT2D eigenvalue weighted by atomic mass is 9.80. The lowest BCUT2D eigenvalue weighted by molar-refractivity contribution is -0.173. The predicted octanol–water partition coefficient (Wildman–Crippen LogP) is 2.38. The summed E-state index contributed by atoms with van der Waals surface area (Å²) in [6.07, 6.45) is 1.32. The van der Waals surface area contributed by atoms with E-state index in [2.05, 4.69) is 0 Å². The molecule has 3 rings (SSSR count). The summed E-state index contributed by atoms with van der Waals surface area (Å²) in [6, 6.07) is 9.32. The monoisotopic (exact) mass is 316 g/mol. The Morgan fingerprint density at radius 1 is 1.22 bits per heavy atom. The molecule has 0 spiro atoms. The quantitative estimate of drug-likeness (QED) is 0.616. The number of ketones is 1. The van der Waals surface area contributed by atoms with Crippen LogP contribution in [0, 0.1) is 11.3 Å². The van der Waals surface area contributed by atoms with Gasteiger partial charge in [0, 0.05) is 5.92 Å². The summed E-state index contributed by atoms with van der Waals surface area (Å²) in [5.74, 6) is -1.53. The van der Waals surface area contributed by atoms with Gasteiger partial charge in [0.25, 0.3) is 0 Å². The van der Waals surface area contributed by atoms with Crippen LogP contribution in [0.2, 0.25) is 0 Å². The number of ether oxygens (including phenoxy) is 2. The van der Waals surface area contributed by atoms with Crippen molar-refractivity contribution in [1.82, 2.24) is 0 Å². The van der Waals surface area contributed by atoms with Crippen LogP contribution in [0.3, 0.4) is 0 Å². The summed E-state index contributed by atoms with van der Waals surface area (Å²) >= 11 is 0. The van der Waals surface area contributed by atoms with E-state index >= 15 is 0 Å². The van der Waals surface area contributed by atoms with E-state index < -0.39 is 23.0 Å². The van der Waals surface area contributed by atoms with E-state index in [0.29, 0.717) is 0 Å². The minimum atomic E-state index is -1.47. The van der Waals surface area contributed by atoms with E-state index in [9.17, 15) is 14.4 Å². The summed E-state index contributed by atoms with van der Waals surface area (Å²) in [4.78, 5) is 37.0. The highest BCUT2D eigenvalue weighted by Gasteiger charge is 2.58. The zero-order chi connectivity index (χ0) is 16.7. The largest absolute Gasteiger partial charge is 0.464 e. The van der Waals surface area contributed by atoms with Gasteiger partial charge in [0.15, 0.2) is 11.2 Å². The number of Topliss-reactive ketones (excluding diaryl/α,β-unsaturated/α-hetero) is 1. The van der Waals surface area contributed by atoms with E-state index in [1.165, 1.54) is 0 Å². The van der Waals surface area contributed by atoms with Gasteiger partial charge in [0.05, 0.1) is 6.42 Å². The van der Waals surface area contributed by atoms with Crippen molar-refractivity contribution in [3.63, 3.8) is 0 Å². The maximum absolute atomic E-state index is 12.8. The number of carbonyl (C=O) groups excluding carboxylic acids is 3. The predicted molar refractivity (Wildman–Crippen MR) is 81.3 cm³/mol. The first-order valence-electron chi connectivity index (χ1n) is 7.84. The Morgan fingerprint density at radius 2 is 1.87 bits per heavy atom. The number of hydrogen-bond donors (Lipinski definition) is 0. The molecule has 2 fully saturated rings. The maximum atomic E-state index is 12.8. The second-order valence-electron chi connectivity index (χ2n) is 6.82. The first-order chi connectivity index (χ1) is 10.8. The van der Waals surface area contributed by atoms with Gasteiger partial charge in [0.1, 0.15) is 12.2 Å². The molecule has 5 heteroatoms. The van der Waals surface area contributed by atoms with Crippen molar-refractivity contribution in [2.75, 3.05) is 6.61 Å². The van der Waals surface area contributed by atoms with Crippen LogP contribution in [0.15, 0.2) is 30.3 Å². The van der Waals surface area contributed by atoms with Crippen LogP contribution in [0.5, 0.6) is 0 Å². The van der Waals surface area contributed by atoms with Crippen molar-refractivity contribution in [1.29, 1.82) is 0 Å². The SMILES string of the molecule is CC(C)(OC(=O)[C@@]1(C(=O)C2CC2)COC(=O)C1)c1ccccc1. The van der Waals surface area contributed by atoms with Crippen LogP contribution in [-0.4, -0.2) is 24.3 Å². The molecular formula is C18H20O5. The molecule has 0 unspecified atom stereocenters. The van der Waals surface area contributed by atoms with Crippen molar-refractivity contribution in [2.24, 2.45) is 11.3 Å². The van der Waals surface area contributed by atoms with Gasteiger partial charge in [-0.2, -0.15) is 0 Å². The molecule has 0 N–H and O–H groups in total. The molecule has 1 atom stereocenters. The molecule has 1 aliphatic carbocycles. The van der Waals surface area contributed by atoms with Gasteiger partial charge in [-0.15, -0.1) is 0 Å². The van der Waals surface area contributed by atoms with Gasteiger partial charge in [0.2, 0.25) is 0 Å². The van der Waals surface area contributed by atoms with Gasteiger partial charge >= 0.3 is 11.9 Å². The summed E-state index contributed by atoms with van der Waals surface area (Å²) in [7, 11) is 0. The number of rotatable bonds is 5. The van der Waals surface area contributed by atoms with Crippen molar-refractivity contribution in [3.8, 4) is 0 Å². The normalized spacial score (nSPS) is 24.2. The Bertz CT molecular complexity index is 645. The molecule has 0 radical (unpaired) electrons. The first-order valence-corrected chi connectivity index (χ1v) is 7.84. The van der Waals surface area contributed by atoms with Gasteiger partial charge in [-0.1, -0.05) is 30.3 Å². The highest BCUT2D eigenvalue weighted by atomic mass is 16.6. The number of benzene rings is 1. The zero-order valence-corrected chi connectivity index (χ0v) is 13.3. The van der Waals surface area contributed by atoms with Crippen LogP contribution in [-0.2, 0) is 29.5 Å². The Hall–Kier alpha value is -2.17. The molecule has 0 aromatic heterocycles. The molecule has 23 heavy (non-hydrogen) atoms. The minimum Gasteiger partial charge on any atom is -0.464 e. The van der Waals surface area contributed by atoms with Gasteiger partial charge in [-0.25, -0.2) is 0 Å². The third-order valence-electron chi connectivity index (χ3n) is 4.55. The Labute approximate surface area is 135 Å². The topological polar surface area (TPSA) is 69.7 Å². The Kier molecular flexibility index (Phi) is 3.74. The van der Waals surface area contributed by atoms with Crippen molar-refractivity contribution < 1.29 is 23.9 Å². The number of cyclic esters (lactones) is 1. The average molecular weight is 316 g/mol. The zero-order valence-electron chi connectivity index (χ0n) is 13.3. The lowest BCUT2D eigenvalue weighted by Gasteiger charge is -2.31. The second-order valence-corrected chi connectivity index (χ2v) is 6.82. The molecule has 0 bridgehead atoms. The summed E-state index contributed by atoms with van der Waals surface area (Å²) in [5.41, 5.74) is -1.53. The van der Waals surface area contributed by atoms with E-state index in [1.807, 2.05) is 30.3 Å². The fraction of sp³-hybridized carbons (Fsp3) is 0.500. The molecule has 1 saturated heterocycles. The van der Waals surface area contributed by atoms with Crippen LogP contribution >= 0.6 is 0 Å². The molecule has 2 aliphatic rings. The lowest BCUT2D eigenvalue weighted by Crippen LogP contribution is -2.45. The van der Waals surface area contributed by atoms with Gasteiger partial charge < -0.3 is 9.47 Å². The average Bonchev–Trinajstić information content (AvgIpc) is 3.29. The van der Waals surface area contributed by atoms with E-state index in [-0.39, 0.29) is 24.7 Å². The number of esters is 2. The fourth-order valence-electron chi connectivity index (χ4n) is 2.91. The molecule has 122 valence electrons. The number of carbonyl (C=O) groups is 3. The molecule has 0 amide bonds. The third-order valence-corrected chi connectivity index (χ3v) is 4.55. The van der Waals surface area contributed by atoms with Crippen LogP contribution in [0.4, 0.5) is 0 Å². The third kappa shape index (κ3) is 2.87. The summed E-state index contributed by atoms with van der Waals surface area (Å²) in [6.45, 7) is 3.34. The van der Waals surface area contributed by atoms with E-state index in [4.69, 9.17) is 9.47 Å². The summed E-state index contributed by atoms with van der Waals surface area (Å²) in [5, 5.41) is 0. The highest BCUT2D eigenvalue weighted by Crippen LogP contribution is 2.43. The van der Waals surface area contributed by atoms with E-state index in [1.54, 1.807) is 13.8 Å². The standard InChI is InChI=1S/C18H20O5/c1-17(2,13-6-4-3-5-7-13)23-16(21)18(10-14(19)22-11-18)15(20)12-8-9-12/h3-7,12H,8-11H2,1-2H3/t18-/m1/s1. The van der Waals surface area contributed by atoms with E-state index in [0.717, 1.165) is 18.4 Å². The Balaban J connectivity index is 1.84. The molecule has 1 aromatic rings. The molecule has 1 saturated carbocycles. The maximum Gasteiger partial charge on any atom is 0.324 e. The molecule has 5 nitrogen and oxygen atoms in total. The summed E-state index contributed by atoms with van der Waals surface area (Å²) < 4.78 is 10.6. The van der Waals surface area contributed by atoms with Crippen molar-refractivity contribution >= 4 is 17.7 Å². The van der Waals surface area contributed by atoms with Crippen LogP contribution in [0.1, 0.15) is 38.7 Å². The highest BCUT2D eigenvalue weighted by molar-refractivity contribution is 6.09. The Morgan fingerprint density at radius 3 is 2.39 bits per heavy atom. The first kappa shape index (κ1) is 15.7. The van der Waals surface area contributed by atoms with Crippen molar-refractivity contribution in [3.05, 3.63) is 35.9 Å². The molecule has 1 heterocycles. The van der Waals surface area contributed by atoms with Gasteiger partial charge in [-0.3, -0.25) is 14.4 Å². The minimum absolute atomic E-state index is 0.142. The van der Waals surface area contributed by atoms with Crippen LogP contribution in [0.25, 0.3) is 0 Å².